The Hall–Kier alpha value is -2.58. The third kappa shape index (κ3) is 3.26. The highest BCUT2D eigenvalue weighted by molar-refractivity contribution is 6.31. The van der Waals surface area contributed by atoms with Crippen LogP contribution in [0.25, 0.3) is 0 Å². The van der Waals surface area contributed by atoms with Crippen LogP contribution in [0.1, 0.15) is 18.9 Å². The van der Waals surface area contributed by atoms with Crippen molar-refractivity contribution in [2.45, 2.75) is 32.1 Å². The number of ether oxygens (including phenoxy) is 1. The maximum atomic E-state index is 13.3. The predicted molar refractivity (Wildman–Crippen MR) is 109 cm³/mol. The molecule has 1 saturated heterocycles. The highest BCUT2D eigenvalue weighted by Gasteiger charge is 2.54. The van der Waals surface area contributed by atoms with Gasteiger partial charge in [-0.3, -0.25) is 9.69 Å². The molecular formula is C20H24ClN5O3. The van der Waals surface area contributed by atoms with Crippen molar-refractivity contribution in [3.8, 4) is 0 Å². The van der Waals surface area contributed by atoms with Crippen LogP contribution in [0.5, 0.6) is 0 Å². The molecule has 0 N–H and O–H groups in total. The van der Waals surface area contributed by atoms with E-state index in [-0.39, 0.29) is 18.5 Å². The molecule has 0 spiro atoms. The number of fused-ring (bicyclic) bond motifs is 3. The molecule has 8 nitrogen and oxygen atoms in total. The van der Waals surface area contributed by atoms with E-state index in [9.17, 15) is 9.59 Å². The third-order valence-electron chi connectivity index (χ3n) is 5.52. The number of aliphatic imine (C=N–C) groups is 1. The van der Waals surface area contributed by atoms with E-state index >= 15 is 0 Å². The smallest absolute Gasteiger partial charge is 0.328 e. The van der Waals surface area contributed by atoms with Gasteiger partial charge in [-0.05, 0) is 25.0 Å². The van der Waals surface area contributed by atoms with Gasteiger partial charge in [0.1, 0.15) is 0 Å². The first-order valence-electron chi connectivity index (χ1n) is 9.56. The Morgan fingerprint density at radius 1 is 1.21 bits per heavy atom. The summed E-state index contributed by atoms with van der Waals surface area (Å²) in [5, 5.41) is 0.530. The van der Waals surface area contributed by atoms with Crippen LogP contribution in [0.3, 0.4) is 0 Å². The van der Waals surface area contributed by atoms with E-state index in [1.807, 2.05) is 36.2 Å². The standard InChI is InChI=1S/C20H24ClN5O3/c1-13-11-25-16-17(22-19(25)24(13)9-6-10-29-3)23(2)20(28)26(18(16)27)12-14-7-4-5-8-15(14)21/h4-5,7-8,11,16-17H,6,9-10,12H2,1-3H3. The Morgan fingerprint density at radius 3 is 2.69 bits per heavy atom. The highest BCUT2D eigenvalue weighted by Crippen LogP contribution is 2.34. The average Bonchev–Trinajstić information content (AvgIpc) is 3.21. The Bertz CT molecular complexity index is 902. The van der Waals surface area contributed by atoms with Crippen molar-refractivity contribution in [2.75, 3.05) is 27.3 Å². The zero-order chi connectivity index (χ0) is 20.7. The molecule has 3 heterocycles. The van der Waals surface area contributed by atoms with Gasteiger partial charge in [0, 0.05) is 44.2 Å². The lowest BCUT2D eigenvalue weighted by Crippen LogP contribution is -2.63. The largest absolute Gasteiger partial charge is 0.385 e. The molecule has 2 unspecified atom stereocenters. The zero-order valence-electron chi connectivity index (χ0n) is 16.7. The molecule has 1 aromatic rings. The highest BCUT2D eigenvalue weighted by atomic mass is 35.5. The number of carbonyl (C=O) groups is 2. The minimum absolute atomic E-state index is 0.133. The molecular weight excluding hydrogens is 394 g/mol. The number of halogens is 1. The van der Waals surface area contributed by atoms with Crippen molar-refractivity contribution < 1.29 is 14.3 Å². The summed E-state index contributed by atoms with van der Waals surface area (Å²) in [7, 11) is 3.36. The van der Waals surface area contributed by atoms with Gasteiger partial charge in [0.25, 0.3) is 5.91 Å². The van der Waals surface area contributed by atoms with E-state index in [1.54, 1.807) is 20.2 Å². The fourth-order valence-corrected chi connectivity index (χ4v) is 4.18. The van der Waals surface area contributed by atoms with E-state index in [0.29, 0.717) is 17.6 Å². The lowest BCUT2D eigenvalue weighted by molar-refractivity contribution is -0.137. The van der Waals surface area contributed by atoms with Crippen LogP contribution in [0.15, 0.2) is 41.2 Å². The number of amides is 3. The van der Waals surface area contributed by atoms with Gasteiger partial charge in [0.15, 0.2) is 12.2 Å². The number of likely N-dealkylation sites (N-methyl/N-ethyl adjacent to an activating group) is 1. The third-order valence-corrected chi connectivity index (χ3v) is 5.89. The first-order valence-corrected chi connectivity index (χ1v) is 9.94. The number of hydrogen-bond donors (Lipinski definition) is 0. The molecule has 0 aromatic heterocycles. The number of nitrogens with zero attached hydrogens (tertiary/aromatic N) is 5. The van der Waals surface area contributed by atoms with Crippen molar-refractivity contribution in [1.82, 2.24) is 19.6 Å². The topological polar surface area (TPSA) is 68.7 Å². The minimum atomic E-state index is -0.572. The van der Waals surface area contributed by atoms with Crippen LogP contribution in [0.4, 0.5) is 4.79 Å². The lowest BCUT2D eigenvalue weighted by Gasteiger charge is -2.40. The van der Waals surface area contributed by atoms with Crippen LogP contribution < -0.4 is 0 Å². The van der Waals surface area contributed by atoms with E-state index in [0.717, 1.165) is 24.2 Å². The zero-order valence-corrected chi connectivity index (χ0v) is 17.5. The summed E-state index contributed by atoms with van der Waals surface area (Å²) in [6.07, 6.45) is 2.23. The molecule has 3 aliphatic rings. The second-order valence-electron chi connectivity index (χ2n) is 7.37. The van der Waals surface area contributed by atoms with Gasteiger partial charge >= 0.3 is 6.03 Å². The second kappa shape index (κ2) is 7.68. The number of urea groups is 1. The van der Waals surface area contributed by atoms with E-state index in [4.69, 9.17) is 21.3 Å². The monoisotopic (exact) mass is 417 g/mol. The summed E-state index contributed by atoms with van der Waals surface area (Å²) in [6.45, 7) is 3.51. The Kier molecular flexibility index (Phi) is 5.23. The number of methoxy groups -OCH3 is 1. The number of hydrogen-bond acceptors (Lipinski definition) is 6. The summed E-state index contributed by atoms with van der Waals surface area (Å²) in [5.74, 6) is 0.445. The average molecular weight is 418 g/mol. The van der Waals surface area contributed by atoms with E-state index in [1.165, 1.54) is 9.80 Å². The van der Waals surface area contributed by atoms with Crippen LogP contribution in [0, 0.1) is 0 Å². The lowest BCUT2D eigenvalue weighted by atomic mass is 10.1. The number of allylic oxidation sites excluding steroid dienone is 1. The van der Waals surface area contributed by atoms with Gasteiger partial charge in [-0.2, -0.15) is 0 Å². The number of benzene rings is 1. The summed E-state index contributed by atoms with van der Waals surface area (Å²) in [5.41, 5.74) is 1.75. The number of guanidine groups is 1. The van der Waals surface area contributed by atoms with Gasteiger partial charge < -0.3 is 19.4 Å². The fourth-order valence-electron chi connectivity index (χ4n) is 3.99. The summed E-state index contributed by atoms with van der Waals surface area (Å²) in [4.78, 5) is 37.8. The van der Waals surface area contributed by atoms with Crippen molar-refractivity contribution in [3.63, 3.8) is 0 Å². The second-order valence-corrected chi connectivity index (χ2v) is 7.78. The van der Waals surface area contributed by atoms with E-state index < -0.39 is 12.2 Å². The molecule has 0 bridgehead atoms. The Morgan fingerprint density at radius 2 is 1.97 bits per heavy atom. The van der Waals surface area contributed by atoms with Crippen LogP contribution in [0.2, 0.25) is 5.02 Å². The van der Waals surface area contributed by atoms with Gasteiger partial charge in [-0.15, -0.1) is 0 Å². The van der Waals surface area contributed by atoms with Gasteiger partial charge in [0.05, 0.1) is 6.54 Å². The molecule has 29 heavy (non-hydrogen) atoms. The molecule has 3 amide bonds. The molecule has 0 aliphatic carbocycles. The van der Waals surface area contributed by atoms with Crippen molar-refractivity contribution >= 4 is 29.5 Å². The van der Waals surface area contributed by atoms with Crippen molar-refractivity contribution in [2.24, 2.45) is 4.99 Å². The minimum Gasteiger partial charge on any atom is -0.385 e. The fraction of sp³-hybridized carbons (Fsp3) is 0.450. The van der Waals surface area contributed by atoms with Gasteiger partial charge in [-0.1, -0.05) is 29.8 Å². The molecule has 1 aromatic carbocycles. The molecule has 2 atom stereocenters. The molecule has 3 aliphatic heterocycles. The maximum absolute atomic E-state index is 13.3. The van der Waals surface area contributed by atoms with Crippen LogP contribution in [-0.4, -0.2) is 77.0 Å². The molecule has 9 heteroatoms. The molecule has 4 rings (SSSR count). The molecule has 0 saturated carbocycles. The number of imide groups is 1. The first-order chi connectivity index (χ1) is 13.9. The van der Waals surface area contributed by atoms with E-state index in [2.05, 4.69) is 4.90 Å². The normalized spacial score (nSPS) is 23.4. The summed E-state index contributed by atoms with van der Waals surface area (Å²) in [6, 6.07) is 6.30. The van der Waals surface area contributed by atoms with Crippen molar-refractivity contribution in [1.29, 1.82) is 0 Å². The molecule has 1 fully saturated rings. The Balaban J connectivity index is 1.59. The van der Waals surface area contributed by atoms with Crippen LogP contribution >= 0.6 is 11.6 Å². The quantitative estimate of drug-likeness (QED) is 0.664. The SMILES string of the molecule is COCCCN1C(C)=CN2C1=NC1C2C(=O)N(Cc2ccccc2Cl)C(=O)N1C. The first kappa shape index (κ1) is 19.7. The summed E-state index contributed by atoms with van der Waals surface area (Å²) < 4.78 is 5.15. The molecule has 154 valence electrons. The van der Waals surface area contributed by atoms with Crippen LogP contribution in [-0.2, 0) is 16.1 Å². The Labute approximate surface area is 175 Å². The number of rotatable bonds is 6. The predicted octanol–water partition coefficient (Wildman–Crippen LogP) is 2.31. The van der Waals surface area contributed by atoms with Gasteiger partial charge in [0.2, 0.25) is 5.96 Å². The summed E-state index contributed by atoms with van der Waals surface area (Å²) >= 11 is 6.25. The van der Waals surface area contributed by atoms with Crippen molar-refractivity contribution in [3.05, 3.63) is 46.7 Å². The number of carbonyl (C=O) groups excluding carboxylic acids is 2. The van der Waals surface area contributed by atoms with Gasteiger partial charge in [-0.25, -0.2) is 9.79 Å². The molecule has 0 radical (unpaired) electrons. The maximum Gasteiger partial charge on any atom is 0.328 e.